The first-order valence-electron chi connectivity index (χ1n) is 13.2. The highest BCUT2D eigenvalue weighted by Crippen LogP contribution is 2.31. The van der Waals surface area contributed by atoms with E-state index >= 15 is 0 Å². The van der Waals surface area contributed by atoms with Gasteiger partial charge in [0, 0.05) is 25.2 Å². The molecule has 0 radical (unpaired) electrons. The Hall–Kier alpha value is -4.10. The van der Waals surface area contributed by atoms with Crippen molar-refractivity contribution in [2.45, 2.75) is 44.7 Å². The summed E-state index contributed by atoms with van der Waals surface area (Å²) >= 11 is 0. The monoisotopic (exact) mass is 585 g/mol. The number of aromatic nitrogens is 1. The summed E-state index contributed by atoms with van der Waals surface area (Å²) in [7, 11) is -2.27. The molecular formula is C28H35N5O7S. The molecule has 1 aromatic heterocycles. The van der Waals surface area contributed by atoms with Gasteiger partial charge in [-0.3, -0.25) is 9.52 Å². The molecule has 0 aliphatic carbocycles. The lowest BCUT2D eigenvalue weighted by Crippen LogP contribution is -2.50. The standard InChI is InChI=1S/C28H35N5O7S/c1-17-14-33(18(2)16-34)27(35)23-13-21(31-41(37,38)22-9-7-6-8-10-22)11-12-24(23)39-25(17)15-32(5)28(36)29-26-19(3)30-40-20(26)4/h6-13,17-18,25,31,34H,14-16H2,1-5H3,(H,29,36)/t17-,18+,25+/m0/s1. The van der Waals surface area contributed by atoms with Gasteiger partial charge >= 0.3 is 6.03 Å². The smallest absolute Gasteiger partial charge is 0.321 e. The number of fused-ring (bicyclic) bond motifs is 1. The van der Waals surface area contributed by atoms with Gasteiger partial charge in [-0.2, -0.15) is 0 Å². The maximum atomic E-state index is 13.7. The van der Waals surface area contributed by atoms with Crippen molar-refractivity contribution >= 4 is 33.3 Å². The number of rotatable bonds is 8. The Morgan fingerprint density at radius 3 is 2.56 bits per heavy atom. The van der Waals surface area contributed by atoms with Crippen LogP contribution < -0.4 is 14.8 Å². The number of aryl methyl sites for hydroxylation is 2. The molecule has 2 heterocycles. The summed E-state index contributed by atoms with van der Waals surface area (Å²) in [4.78, 5) is 29.7. The number of anilines is 2. The Morgan fingerprint density at radius 2 is 1.93 bits per heavy atom. The highest BCUT2D eigenvalue weighted by atomic mass is 32.2. The number of benzene rings is 2. The lowest BCUT2D eigenvalue weighted by atomic mass is 9.99. The second-order valence-electron chi connectivity index (χ2n) is 10.3. The minimum absolute atomic E-state index is 0.0802. The van der Waals surface area contributed by atoms with Gasteiger partial charge in [-0.05, 0) is 51.1 Å². The minimum atomic E-state index is -3.90. The van der Waals surface area contributed by atoms with Gasteiger partial charge in [-0.25, -0.2) is 13.2 Å². The van der Waals surface area contributed by atoms with Crippen LogP contribution in [0.4, 0.5) is 16.2 Å². The van der Waals surface area contributed by atoms with E-state index in [1.165, 1.54) is 35.2 Å². The summed E-state index contributed by atoms with van der Waals surface area (Å²) in [6.45, 7) is 7.21. The summed E-state index contributed by atoms with van der Waals surface area (Å²) < 4.78 is 39.8. The summed E-state index contributed by atoms with van der Waals surface area (Å²) in [6, 6.07) is 11.5. The number of nitrogens with zero attached hydrogens (tertiary/aromatic N) is 3. The van der Waals surface area contributed by atoms with Crippen molar-refractivity contribution in [1.29, 1.82) is 0 Å². The lowest BCUT2D eigenvalue weighted by molar-refractivity contribution is 0.0371. The molecule has 3 aromatic rings. The zero-order valence-corrected chi connectivity index (χ0v) is 24.4. The van der Waals surface area contributed by atoms with Crippen LogP contribution in [0.2, 0.25) is 0 Å². The van der Waals surface area contributed by atoms with Gasteiger partial charge in [0.25, 0.3) is 15.9 Å². The maximum Gasteiger partial charge on any atom is 0.321 e. The van der Waals surface area contributed by atoms with E-state index in [9.17, 15) is 23.1 Å². The van der Waals surface area contributed by atoms with Crippen LogP contribution in [-0.4, -0.2) is 79.3 Å². The number of aliphatic hydroxyl groups is 1. The van der Waals surface area contributed by atoms with E-state index in [0.717, 1.165) is 0 Å². The molecule has 1 aliphatic heterocycles. The number of carbonyl (C=O) groups is 2. The Bertz CT molecular complexity index is 1490. The van der Waals surface area contributed by atoms with Crippen LogP contribution in [0, 0.1) is 19.8 Å². The van der Waals surface area contributed by atoms with Crippen molar-refractivity contribution in [2.75, 3.05) is 36.8 Å². The average Bonchev–Trinajstić information content (AvgIpc) is 3.27. The first kappa shape index (κ1) is 29.9. The first-order chi connectivity index (χ1) is 19.4. The Balaban J connectivity index is 1.62. The van der Waals surface area contributed by atoms with E-state index in [1.54, 1.807) is 50.9 Å². The highest BCUT2D eigenvalue weighted by molar-refractivity contribution is 7.92. The van der Waals surface area contributed by atoms with E-state index in [-0.39, 0.29) is 53.5 Å². The van der Waals surface area contributed by atoms with E-state index < -0.39 is 28.1 Å². The summed E-state index contributed by atoms with van der Waals surface area (Å²) in [5.74, 6) is 0.0901. The SMILES string of the molecule is Cc1noc(C)c1NC(=O)N(C)C[C@H]1Oc2ccc(NS(=O)(=O)c3ccccc3)cc2C(=O)N([C@H](C)CO)C[C@@H]1C. The number of likely N-dealkylation sites (N-methyl/N-ethyl adjacent to an activating group) is 1. The molecule has 2 aromatic carbocycles. The molecule has 0 saturated heterocycles. The largest absolute Gasteiger partial charge is 0.487 e. The molecule has 3 amide bonds. The molecular weight excluding hydrogens is 550 g/mol. The predicted molar refractivity (Wildman–Crippen MR) is 152 cm³/mol. The van der Waals surface area contributed by atoms with Gasteiger partial charge in [0.05, 0.1) is 29.7 Å². The fraction of sp³-hybridized carbons (Fsp3) is 0.393. The number of urea groups is 1. The van der Waals surface area contributed by atoms with E-state index in [1.807, 2.05) is 6.92 Å². The summed E-state index contributed by atoms with van der Waals surface area (Å²) in [5.41, 5.74) is 1.37. The third-order valence-electron chi connectivity index (χ3n) is 7.04. The molecule has 3 atom stereocenters. The topological polar surface area (TPSA) is 154 Å². The number of sulfonamides is 1. The predicted octanol–water partition coefficient (Wildman–Crippen LogP) is 3.48. The van der Waals surface area contributed by atoms with Crippen LogP contribution in [0.3, 0.4) is 0 Å². The van der Waals surface area contributed by atoms with Crippen LogP contribution in [-0.2, 0) is 10.0 Å². The lowest BCUT2D eigenvalue weighted by Gasteiger charge is -2.38. The van der Waals surface area contributed by atoms with Gasteiger partial charge in [0.1, 0.15) is 23.2 Å². The molecule has 1 aliphatic rings. The number of ether oxygens (including phenoxy) is 1. The molecule has 0 spiro atoms. The van der Waals surface area contributed by atoms with Gasteiger partial charge in [0.2, 0.25) is 0 Å². The second kappa shape index (κ2) is 12.2. The van der Waals surface area contributed by atoms with Crippen LogP contribution in [0.1, 0.15) is 35.7 Å². The zero-order chi connectivity index (χ0) is 29.9. The molecule has 0 fully saturated rings. The molecule has 0 saturated carbocycles. The van der Waals surface area contributed by atoms with E-state index in [4.69, 9.17) is 9.26 Å². The van der Waals surface area contributed by atoms with Crippen LogP contribution >= 0.6 is 0 Å². The number of amides is 3. The van der Waals surface area contributed by atoms with E-state index in [0.29, 0.717) is 17.1 Å². The third-order valence-corrected chi connectivity index (χ3v) is 8.43. The maximum absolute atomic E-state index is 13.7. The van der Waals surface area contributed by atoms with Crippen molar-refractivity contribution in [1.82, 2.24) is 15.0 Å². The normalized spacial score (nSPS) is 18.0. The van der Waals surface area contributed by atoms with Crippen LogP contribution in [0.25, 0.3) is 0 Å². The van der Waals surface area contributed by atoms with Crippen molar-refractivity contribution in [3.8, 4) is 5.75 Å². The van der Waals surface area contributed by atoms with Gasteiger partial charge in [-0.1, -0.05) is 30.3 Å². The molecule has 220 valence electrons. The molecule has 0 bridgehead atoms. The minimum Gasteiger partial charge on any atom is -0.487 e. The zero-order valence-electron chi connectivity index (χ0n) is 23.6. The molecule has 12 nitrogen and oxygen atoms in total. The number of hydrogen-bond acceptors (Lipinski definition) is 8. The fourth-order valence-electron chi connectivity index (χ4n) is 4.53. The Labute approximate surface area is 239 Å². The highest BCUT2D eigenvalue weighted by Gasteiger charge is 2.34. The third kappa shape index (κ3) is 6.63. The molecule has 3 N–H and O–H groups in total. The fourth-order valence-corrected chi connectivity index (χ4v) is 5.60. The number of nitrogens with one attached hydrogen (secondary N) is 2. The average molecular weight is 586 g/mol. The Kier molecular flexibility index (Phi) is 8.88. The molecule has 13 heteroatoms. The van der Waals surface area contributed by atoms with Gasteiger partial charge < -0.3 is 29.5 Å². The van der Waals surface area contributed by atoms with Crippen molar-refractivity contribution < 1.29 is 32.4 Å². The van der Waals surface area contributed by atoms with Crippen molar-refractivity contribution in [3.63, 3.8) is 0 Å². The van der Waals surface area contributed by atoms with Crippen LogP contribution in [0.5, 0.6) is 5.75 Å². The number of carbonyl (C=O) groups excluding carboxylic acids is 2. The van der Waals surface area contributed by atoms with E-state index in [2.05, 4.69) is 15.2 Å². The number of hydrogen-bond donors (Lipinski definition) is 3. The van der Waals surface area contributed by atoms with Gasteiger partial charge in [-0.15, -0.1) is 0 Å². The molecule has 4 rings (SSSR count). The first-order valence-corrected chi connectivity index (χ1v) is 14.6. The van der Waals surface area contributed by atoms with Gasteiger partial charge in [0.15, 0.2) is 5.76 Å². The second-order valence-corrected chi connectivity index (χ2v) is 11.9. The number of aliphatic hydroxyl groups excluding tert-OH is 1. The Morgan fingerprint density at radius 1 is 1.22 bits per heavy atom. The van der Waals surface area contributed by atoms with Crippen LogP contribution in [0.15, 0.2) is 57.9 Å². The van der Waals surface area contributed by atoms with Crippen molar-refractivity contribution in [2.24, 2.45) is 5.92 Å². The molecule has 0 unspecified atom stereocenters. The summed E-state index contributed by atoms with van der Waals surface area (Å²) in [6.07, 6.45) is -0.539. The quantitative estimate of drug-likeness (QED) is 0.363. The van der Waals surface area contributed by atoms with Crippen molar-refractivity contribution in [3.05, 3.63) is 65.5 Å². The summed E-state index contributed by atoms with van der Waals surface area (Å²) in [5, 5.41) is 16.6. The molecule has 41 heavy (non-hydrogen) atoms.